The summed E-state index contributed by atoms with van der Waals surface area (Å²) < 4.78 is 16.5. The third kappa shape index (κ3) is 5.13. The molecule has 3 rings (SSSR count). The minimum Gasteiger partial charge on any atom is -0.497 e. The van der Waals surface area contributed by atoms with Crippen LogP contribution in [0.5, 0.6) is 17.2 Å². The first kappa shape index (κ1) is 22.9. The summed E-state index contributed by atoms with van der Waals surface area (Å²) in [5.41, 5.74) is 3.67. The Morgan fingerprint density at radius 1 is 1.06 bits per heavy atom. The third-order valence-corrected chi connectivity index (χ3v) is 6.10. The molecule has 1 aliphatic heterocycles. The molecule has 2 aromatic carbocycles. The molecule has 0 radical (unpaired) electrons. The van der Waals surface area contributed by atoms with Gasteiger partial charge in [0.2, 0.25) is 5.91 Å². The molecule has 0 fully saturated rings. The van der Waals surface area contributed by atoms with Crippen molar-refractivity contribution in [1.29, 1.82) is 0 Å². The smallest absolute Gasteiger partial charge is 0.222 e. The molecule has 1 amide bonds. The van der Waals surface area contributed by atoms with Crippen molar-refractivity contribution in [3.63, 3.8) is 0 Å². The molecule has 6 nitrogen and oxygen atoms in total. The normalized spacial score (nSPS) is 18.8. The molecule has 6 heteroatoms. The van der Waals surface area contributed by atoms with Crippen molar-refractivity contribution in [3.8, 4) is 17.2 Å². The van der Waals surface area contributed by atoms with Crippen LogP contribution in [0.15, 0.2) is 36.4 Å². The van der Waals surface area contributed by atoms with Crippen LogP contribution in [0, 0.1) is 5.92 Å². The Balaban J connectivity index is 1.99. The van der Waals surface area contributed by atoms with Gasteiger partial charge in [0.15, 0.2) is 11.5 Å². The highest BCUT2D eigenvalue weighted by Crippen LogP contribution is 2.35. The molecule has 2 aromatic rings. The second-order valence-electron chi connectivity index (χ2n) is 8.52. The number of hydrogen-bond acceptors (Lipinski definition) is 4. The first-order valence-electron chi connectivity index (χ1n) is 10.9. The standard InChI is InChI=1S/C25H34N2O4/c1-16(2)25(28)26-17(3)24-21-14-23(31-6)22(30-5)13-19(21)10-11-27(24)15-18-8-7-9-20(12-18)29-4/h7-9,12-14,16-17,24H,10-11,15H2,1-6H3,(H,26,28)/p+1/t17-,24-/m0/s1. The molecule has 0 bridgehead atoms. The maximum Gasteiger partial charge on any atom is 0.222 e. The number of nitrogens with one attached hydrogen (secondary N) is 2. The van der Waals surface area contributed by atoms with Crippen molar-refractivity contribution < 1.29 is 23.9 Å². The van der Waals surface area contributed by atoms with Gasteiger partial charge in [0.1, 0.15) is 18.3 Å². The Morgan fingerprint density at radius 3 is 2.42 bits per heavy atom. The molecule has 0 aromatic heterocycles. The summed E-state index contributed by atoms with van der Waals surface area (Å²) in [5, 5.41) is 3.24. The number of rotatable bonds is 8. The minimum atomic E-state index is -0.0576. The van der Waals surface area contributed by atoms with E-state index in [1.807, 2.05) is 26.0 Å². The highest BCUT2D eigenvalue weighted by molar-refractivity contribution is 5.78. The Bertz CT molecular complexity index is 912. The van der Waals surface area contributed by atoms with E-state index in [9.17, 15) is 4.79 Å². The fourth-order valence-corrected chi connectivity index (χ4v) is 4.45. The van der Waals surface area contributed by atoms with Crippen LogP contribution in [0.25, 0.3) is 0 Å². The second-order valence-corrected chi connectivity index (χ2v) is 8.52. The number of ether oxygens (including phenoxy) is 3. The van der Waals surface area contributed by atoms with Crippen LogP contribution in [-0.4, -0.2) is 39.8 Å². The van der Waals surface area contributed by atoms with E-state index in [2.05, 4.69) is 36.5 Å². The lowest BCUT2D eigenvalue weighted by atomic mass is 9.87. The summed E-state index contributed by atoms with van der Waals surface area (Å²) in [6.45, 7) is 7.75. The van der Waals surface area contributed by atoms with E-state index >= 15 is 0 Å². The number of quaternary nitrogens is 1. The van der Waals surface area contributed by atoms with Gasteiger partial charge in [-0.3, -0.25) is 4.79 Å². The zero-order valence-electron chi connectivity index (χ0n) is 19.5. The number of carbonyl (C=O) groups is 1. The van der Waals surface area contributed by atoms with Crippen LogP contribution < -0.4 is 24.4 Å². The molecular formula is C25H35N2O4+. The van der Waals surface area contributed by atoms with Crippen LogP contribution >= 0.6 is 0 Å². The van der Waals surface area contributed by atoms with Gasteiger partial charge in [-0.1, -0.05) is 26.0 Å². The maximum atomic E-state index is 12.5. The first-order valence-corrected chi connectivity index (χ1v) is 10.9. The summed E-state index contributed by atoms with van der Waals surface area (Å²) in [5.74, 6) is 2.34. The average Bonchev–Trinajstić information content (AvgIpc) is 2.77. The average molecular weight is 428 g/mol. The number of amides is 1. The van der Waals surface area contributed by atoms with Gasteiger partial charge in [0.05, 0.1) is 33.9 Å². The van der Waals surface area contributed by atoms with E-state index in [4.69, 9.17) is 14.2 Å². The van der Waals surface area contributed by atoms with E-state index in [1.54, 1.807) is 21.3 Å². The molecule has 0 saturated heterocycles. The highest BCUT2D eigenvalue weighted by atomic mass is 16.5. The summed E-state index contributed by atoms with van der Waals surface area (Å²) in [6, 6.07) is 12.4. The van der Waals surface area contributed by atoms with Crippen LogP contribution in [-0.2, 0) is 17.8 Å². The fraction of sp³-hybridized carbons (Fsp3) is 0.480. The van der Waals surface area contributed by atoms with Gasteiger partial charge in [0, 0.05) is 23.5 Å². The van der Waals surface area contributed by atoms with Gasteiger partial charge < -0.3 is 24.4 Å². The minimum absolute atomic E-state index is 0.0346. The lowest BCUT2D eigenvalue weighted by molar-refractivity contribution is -0.948. The topological polar surface area (TPSA) is 61.2 Å². The predicted octanol–water partition coefficient (Wildman–Crippen LogP) is 2.56. The predicted molar refractivity (Wildman–Crippen MR) is 121 cm³/mol. The molecule has 0 spiro atoms. The van der Waals surface area contributed by atoms with Crippen molar-refractivity contribution in [2.45, 2.75) is 45.8 Å². The molecule has 0 aliphatic carbocycles. The second kappa shape index (κ2) is 10.1. The Kier molecular flexibility index (Phi) is 7.44. The van der Waals surface area contributed by atoms with Gasteiger partial charge in [-0.25, -0.2) is 0 Å². The number of benzene rings is 2. The monoisotopic (exact) mass is 427 g/mol. The van der Waals surface area contributed by atoms with Crippen LogP contribution in [0.4, 0.5) is 0 Å². The van der Waals surface area contributed by atoms with Crippen LogP contribution in [0.2, 0.25) is 0 Å². The van der Waals surface area contributed by atoms with E-state index in [1.165, 1.54) is 21.6 Å². The number of methoxy groups -OCH3 is 3. The summed E-state index contributed by atoms with van der Waals surface area (Å²) in [7, 11) is 5.01. The lowest BCUT2D eigenvalue weighted by Crippen LogP contribution is -3.13. The summed E-state index contributed by atoms with van der Waals surface area (Å²) >= 11 is 0. The van der Waals surface area contributed by atoms with Gasteiger partial charge in [-0.05, 0) is 36.8 Å². The van der Waals surface area contributed by atoms with E-state index in [0.717, 1.165) is 36.8 Å². The van der Waals surface area contributed by atoms with Crippen LogP contribution in [0.3, 0.4) is 0 Å². The van der Waals surface area contributed by atoms with Crippen LogP contribution in [0.1, 0.15) is 43.5 Å². The van der Waals surface area contributed by atoms with Crippen molar-refractivity contribution >= 4 is 5.91 Å². The number of carbonyl (C=O) groups excluding carboxylic acids is 1. The highest BCUT2D eigenvalue weighted by Gasteiger charge is 2.37. The van der Waals surface area contributed by atoms with Gasteiger partial charge >= 0.3 is 0 Å². The van der Waals surface area contributed by atoms with Crippen molar-refractivity contribution in [2.75, 3.05) is 27.9 Å². The molecule has 168 valence electrons. The maximum absolute atomic E-state index is 12.5. The molecule has 1 aliphatic rings. The van der Waals surface area contributed by atoms with E-state index < -0.39 is 0 Å². The zero-order valence-corrected chi connectivity index (χ0v) is 19.5. The number of hydrogen-bond donors (Lipinski definition) is 2. The van der Waals surface area contributed by atoms with Gasteiger partial charge in [-0.15, -0.1) is 0 Å². The summed E-state index contributed by atoms with van der Waals surface area (Å²) in [4.78, 5) is 13.9. The molecular weight excluding hydrogens is 392 g/mol. The van der Waals surface area contributed by atoms with E-state index in [-0.39, 0.29) is 23.9 Å². The quantitative estimate of drug-likeness (QED) is 0.680. The van der Waals surface area contributed by atoms with Crippen molar-refractivity contribution in [2.24, 2.45) is 5.92 Å². The molecule has 1 unspecified atom stereocenters. The number of fused-ring (bicyclic) bond motifs is 1. The summed E-state index contributed by atoms with van der Waals surface area (Å²) in [6.07, 6.45) is 0.941. The lowest BCUT2D eigenvalue weighted by Gasteiger charge is -2.38. The largest absolute Gasteiger partial charge is 0.497 e. The zero-order chi connectivity index (χ0) is 22.5. The van der Waals surface area contributed by atoms with Gasteiger partial charge in [0.25, 0.3) is 0 Å². The van der Waals surface area contributed by atoms with Crippen molar-refractivity contribution in [1.82, 2.24) is 5.32 Å². The van der Waals surface area contributed by atoms with Crippen molar-refractivity contribution in [3.05, 3.63) is 53.1 Å². The third-order valence-electron chi connectivity index (χ3n) is 6.10. The molecule has 2 N–H and O–H groups in total. The first-order chi connectivity index (χ1) is 14.9. The Labute approximate surface area is 185 Å². The Morgan fingerprint density at radius 2 is 1.77 bits per heavy atom. The molecule has 1 heterocycles. The SMILES string of the molecule is COc1cccc(C[NH+]2CCc3cc(OC)c(OC)cc3[C@@H]2[C@H](C)NC(=O)C(C)C)c1. The fourth-order valence-electron chi connectivity index (χ4n) is 4.45. The molecule has 31 heavy (non-hydrogen) atoms. The molecule has 3 atom stereocenters. The van der Waals surface area contributed by atoms with Gasteiger partial charge in [-0.2, -0.15) is 0 Å². The van der Waals surface area contributed by atoms with E-state index in [0.29, 0.717) is 0 Å². The Hall–Kier alpha value is -2.73. The molecule has 0 saturated carbocycles.